The van der Waals surface area contributed by atoms with Gasteiger partial charge in [-0.05, 0) is 25.1 Å². The number of imidazole rings is 1. The summed E-state index contributed by atoms with van der Waals surface area (Å²) in [5.41, 5.74) is 8.45. The van der Waals surface area contributed by atoms with Crippen molar-refractivity contribution in [1.82, 2.24) is 29.8 Å². The number of nitrogens with one attached hydrogen (secondary N) is 1. The normalized spacial score (nSPS) is 12.8. The van der Waals surface area contributed by atoms with Crippen molar-refractivity contribution in [3.05, 3.63) is 30.0 Å². The quantitative estimate of drug-likeness (QED) is 0.372. The van der Waals surface area contributed by atoms with Gasteiger partial charge in [0.2, 0.25) is 6.79 Å². The van der Waals surface area contributed by atoms with Gasteiger partial charge >= 0.3 is 0 Å². The Bertz CT molecular complexity index is 1240. The summed E-state index contributed by atoms with van der Waals surface area (Å²) in [7, 11) is 0. The van der Waals surface area contributed by atoms with Gasteiger partial charge in [-0.15, -0.1) is 11.3 Å². The molecule has 0 atom stereocenters. The molecule has 0 unspecified atom stereocenters. The predicted octanol–water partition coefficient (Wildman–Crippen LogP) is 3.80. The molecule has 5 rings (SSSR count). The van der Waals surface area contributed by atoms with Crippen molar-refractivity contribution in [3.8, 4) is 22.1 Å². The molecule has 0 amide bonds. The van der Waals surface area contributed by atoms with Crippen molar-refractivity contribution in [2.45, 2.75) is 42.9 Å². The molecule has 0 radical (unpaired) electrons. The number of benzene rings is 1. The lowest BCUT2D eigenvalue weighted by molar-refractivity contribution is 0.174. The number of thiazole rings is 1. The zero-order chi connectivity index (χ0) is 22.1. The molecular formula is C21H23N7O2S2. The molecule has 3 N–H and O–H groups in total. The van der Waals surface area contributed by atoms with Crippen molar-refractivity contribution in [1.29, 1.82) is 0 Å². The van der Waals surface area contributed by atoms with E-state index < -0.39 is 0 Å². The highest BCUT2D eigenvalue weighted by Crippen LogP contribution is 2.45. The van der Waals surface area contributed by atoms with E-state index >= 15 is 0 Å². The first-order chi connectivity index (χ1) is 15.6. The van der Waals surface area contributed by atoms with Crippen LogP contribution in [0.3, 0.4) is 0 Å². The third-order valence-electron chi connectivity index (χ3n) is 4.98. The van der Waals surface area contributed by atoms with Crippen molar-refractivity contribution in [2.75, 3.05) is 19.1 Å². The second kappa shape index (κ2) is 8.93. The third-order valence-corrected chi connectivity index (χ3v) is 6.83. The molecule has 11 heteroatoms. The van der Waals surface area contributed by atoms with E-state index in [2.05, 4.69) is 38.7 Å². The van der Waals surface area contributed by atoms with Crippen molar-refractivity contribution in [2.24, 2.45) is 0 Å². The lowest BCUT2D eigenvalue weighted by atomic mass is 10.2. The van der Waals surface area contributed by atoms with Gasteiger partial charge in [-0.1, -0.05) is 25.6 Å². The molecule has 0 fully saturated rings. The van der Waals surface area contributed by atoms with Gasteiger partial charge in [0.15, 0.2) is 33.6 Å². The van der Waals surface area contributed by atoms with E-state index in [1.165, 1.54) is 6.33 Å². The van der Waals surface area contributed by atoms with Crippen LogP contribution in [-0.4, -0.2) is 43.9 Å². The van der Waals surface area contributed by atoms with E-state index in [0.717, 1.165) is 57.3 Å². The summed E-state index contributed by atoms with van der Waals surface area (Å²) in [6.07, 6.45) is 4.21. The molecule has 0 spiro atoms. The third kappa shape index (κ3) is 4.10. The maximum Gasteiger partial charge on any atom is 0.231 e. The molecule has 3 aromatic heterocycles. The van der Waals surface area contributed by atoms with Crippen LogP contribution in [0, 0.1) is 0 Å². The molecule has 9 nitrogen and oxygen atoms in total. The van der Waals surface area contributed by atoms with E-state index in [9.17, 15) is 0 Å². The van der Waals surface area contributed by atoms with Crippen LogP contribution in [0.1, 0.15) is 20.3 Å². The molecule has 1 aromatic carbocycles. The highest BCUT2D eigenvalue weighted by molar-refractivity contribution is 7.99. The first-order valence-corrected chi connectivity index (χ1v) is 12.0. The molecule has 0 aliphatic carbocycles. The molecule has 0 saturated heterocycles. The summed E-state index contributed by atoms with van der Waals surface area (Å²) < 4.78 is 13.3. The standard InChI is InChI=1S/C21H23N7O2S2/c1-12(2)23-4-3-6-28-19-17(18(22)25-10-26-19)27-21(28)32-16-9-15-14(29-11-30-15)8-13(16)20-24-5-7-31-20/h5,7-10,12,23H,3-4,6,11H2,1-2H3,(H2,22,25,26). The van der Waals surface area contributed by atoms with Gasteiger partial charge in [0, 0.05) is 34.6 Å². The number of aromatic nitrogens is 5. The van der Waals surface area contributed by atoms with E-state index in [1.54, 1.807) is 29.3 Å². The second-order valence-corrected chi connectivity index (χ2v) is 9.48. The molecule has 4 aromatic rings. The average molecular weight is 470 g/mol. The number of nitrogens with two attached hydrogens (primary N) is 1. The number of anilines is 1. The Labute approximate surface area is 193 Å². The first kappa shape index (κ1) is 21.0. The minimum Gasteiger partial charge on any atom is -0.454 e. The molecule has 0 saturated carbocycles. The number of rotatable bonds is 8. The van der Waals surface area contributed by atoms with Gasteiger partial charge in [0.05, 0.1) is 0 Å². The molecule has 32 heavy (non-hydrogen) atoms. The summed E-state index contributed by atoms with van der Waals surface area (Å²) in [6.45, 7) is 6.15. The van der Waals surface area contributed by atoms with Crippen LogP contribution in [0.25, 0.3) is 21.7 Å². The Morgan fingerprint density at radius 3 is 2.84 bits per heavy atom. The summed E-state index contributed by atoms with van der Waals surface area (Å²) >= 11 is 3.12. The number of nitrogen functional groups attached to an aromatic ring is 1. The fourth-order valence-electron chi connectivity index (χ4n) is 3.47. The van der Waals surface area contributed by atoms with Crippen LogP contribution in [-0.2, 0) is 6.54 Å². The van der Waals surface area contributed by atoms with Gasteiger partial charge in [0.1, 0.15) is 11.3 Å². The Kier molecular flexibility index (Phi) is 5.85. The maximum absolute atomic E-state index is 6.11. The summed E-state index contributed by atoms with van der Waals surface area (Å²) in [4.78, 5) is 18.9. The van der Waals surface area contributed by atoms with E-state index in [4.69, 9.17) is 20.2 Å². The molecular weight excluding hydrogens is 446 g/mol. The summed E-state index contributed by atoms with van der Waals surface area (Å²) in [6, 6.07) is 4.41. The Hall–Kier alpha value is -2.89. The number of hydrogen-bond donors (Lipinski definition) is 2. The van der Waals surface area contributed by atoms with Crippen molar-refractivity contribution < 1.29 is 9.47 Å². The molecule has 4 heterocycles. The van der Waals surface area contributed by atoms with Crippen LogP contribution < -0.4 is 20.5 Å². The summed E-state index contributed by atoms with van der Waals surface area (Å²) in [5, 5.41) is 7.13. The average Bonchev–Trinajstić information content (AvgIpc) is 3.51. The molecule has 1 aliphatic heterocycles. The largest absolute Gasteiger partial charge is 0.454 e. The molecule has 0 bridgehead atoms. The fraction of sp³-hybridized carbons (Fsp3) is 0.333. The van der Waals surface area contributed by atoms with E-state index in [1.807, 2.05) is 17.5 Å². The zero-order valence-corrected chi connectivity index (χ0v) is 19.4. The number of aryl methyl sites for hydroxylation is 1. The topological polar surface area (TPSA) is 113 Å². The lowest BCUT2D eigenvalue weighted by Gasteiger charge is -2.12. The Morgan fingerprint density at radius 1 is 1.22 bits per heavy atom. The van der Waals surface area contributed by atoms with Gasteiger partial charge in [-0.2, -0.15) is 0 Å². The smallest absolute Gasteiger partial charge is 0.231 e. The minimum absolute atomic E-state index is 0.217. The van der Waals surface area contributed by atoms with Gasteiger partial charge in [-0.25, -0.2) is 19.9 Å². The summed E-state index contributed by atoms with van der Waals surface area (Å²) in [5.74, 6) is 1.82. The van der Waals surface area contributed by atoms with E-state index in [-0.39, 0.29) is 6.79 Å². The van der Waals surface area contributed by atoms with Crippen LogP contribution in [0.5, 0.6) is 11.5 Å². The van der Waals surface area contributed by atoms with Crippen LogP contribution in [0.4, 0.5) is 5.82 Å². The monoisotopic (exact) mass is 469 g/mol. The number of hydrogen-bond acceptors (Lipinski definition) is 10. The van der Waals surface area contributed by atoms with Gasteiger partial charge in [0.25, 0.3) is 0 Å². The van der Waals surface area contributed by atoms with Gasteiger partial charge < -0.3 is 25.1 Å². The SMILES string of the molecule is CC(C)NCCCn1c(Sc2cc3c(cc2-c2nccs2)OCO3)nc2c(N)ncnc21. The maximum atomic E-state index is 6.11. The number of ether oxygens (including phenoxy) is 2. The molecule has 1 aliphatic rings. The lowest BCUT2D eigenvalue weighted by Crippen LogP contribution is -2.24. The zero-order valence-electron chi connectivity index (χ0n) is 17.7. The van der Waals surface area contributed by atoms with E-state index in [0.29, 0.717) is 17.4 Å². The Balaban J connectivity index is 1.54. The molecule has 166 valence electrons. The van der Waals surface area contributed by atoms with Crippen molar-refractivity contribution in [3.63, 3.8) is 0 Å². The highest BCUT2D eigenvalue weighted by Gasteiger charge is 2.23. The van der Waals surface area contributed by atoms with Crippen LogP contribution in [0.15, 0.2) is 40.1 Å². The minimum atomic E-state index is 0.217. The van der Waals surface area contributed by atoms with Crippen LogP contribution >= 0.6 is 23.1 Å². The van der Waals surface area contributed by atoms with Crippen LogP contribution in [0.2, 0.25) is 0 Å². The number of nitrogens with zero attached hydrogens (tertiary/aromatic N) is 5. The highest BCUT2D eigenvalue weighted by atomic mass is 32.2. The number of fused-ring (bicyclic) bond motifs is 2. The van der Waals surface area contributed by atoms with Gasteiger partial charge in [-0.3, -0.25) is 0 Å². The fourth-order valence-corrected chi connectivity index (χ4v) is 5.26. The second-order valence-electron chi connectivity index (χ2n) is 7.58. The van der Waals surface area contributed by atoms with Crippen molar-refractivity contribution >= 4 is 40.1 Å². The predicted molar refractivity (Wildman–Crippen MR) is 125 cm³/mol. The first-order valence-electron chi connectivity index (χ1n) is 10.3. The Morgan fingerprint density at radius 2 is 2.06 bits per heavy atom.